The van der Waals surface area contributed by atoms with Gasteiger partial charge in [-0.25, -0.2) is 19.2 Å². The minimum absolute atomic E-state index is 0.150. The van der Waals surface area contributed by atoms with Gasteiger partial charge in [-0.05, 0) is 0 Å². The summed E-state index contributed by atoms with van der Waals surface area (Å²) in [4.78, 5) is 33.8. The van der Waals surface area contributed by atoms with Gasteiger partial charge in [0.1, 0.15) is 4.81 Å². The lowest BCUT2D eigenvalue weighted by Crippen LogP contribution is -2.51. The first kappa shape index (κ1) is 8.62. The first-order valence-corrected chi connectivity index (χ1v) is 3.14. The van der Waals surface area contributed by atoms with Crippen LogP contribution in [0.2, 0.25) is 0 Å². The minimum atomic E-state index is -1.95. The van der Waals surface area contributed by atoms with Crippen LogP contribution in [0.25, 0.3) is 0 Å². The van der Waals surface area contributed by atoms with Crippen LogP contribution < -0.4 is 5.73 Å². The molecule has 12 heavy (non-hydrogen) atoms. The lowest BCUT2D eigenvalue weighted by molar-refractivity contribution is -1.12. The van der Waals surface area contributed by atoms with Crippen LogP contribution in [-0.4, -0.2) is 27.9 Å². The number of carbonyl (C=O) groups excluding carboxylic acids is 3. The summed E-state index contributed by atoms with van der Waals surface area (Å²) in [7, 11) is 0. The molecule has 0 unspecified atom stereocenters. The van der Waals surface area contributed by atoms with Crippen LogP contribution in [0.3, 0.4) is 0 Å². The number of hydrogen-bond acceptors (Lipinski definition) is 5. The molecule has 1 heterocycles. The summed E-state index contributed by atoms with van der Waals surface area (Å²) in [6.07, 6.45) is -1.67. The summed E-state index contributed by atoms with van der Waals surface area (Å²) in [5.41, 5.74) is 4.54. The summed E-state index contributed by atoms with van der Waals surface area (Å²) in [5, 5.41) is 9.11. The van der Waals surface area contributed by atoms with Crippen molar-refractivity contribution in [3.05, 3.63) is 0 Å². The van der Waals surface area contributed by atoms with E-state index in [1.165, 1.54) is 0 Å². The number of primary amides is 1. The van der Waals surface area contributed by atoms with Gasteiger partial charge in [0, 0.05) is 0 Å². The van der Waals surface area contributed by atoms with Crippen molar-refractivity contribution in [1.29, 1.82) is 0 Å². The van der Waals surface area contributed by atoms with Crippen molar-refractivity contribution >= 4 is 17.9 Å². The Bertz CT molecular complexity index is 245. The number of hydrogen-bond donors (Lipinski definition) is 2. The molecule has 1 fully saturated rings. The Morgan fingerprint density at radius 2 is 1.83 bits per heavy atom. The zero-order chi connectivity index (χ0) is 9.35. The Kier molecular flexibility index (Phi) is 1.82. The fourth-order valence-corrected chi connectivity index (χ4v) is 0.888. The van der Waals surface area contributed by atoms with Gasteiger partial charge < -0.3 is 5.73 Å². The molecular formula is C5H7N2O5+. The number of hydroxylamine groups is 4. The molecule has 0 atom stereocenters. The van der Waals surface area contributed by atoms with Gasteiger partial charge in [-0.15, -0.1) is 0 Å². The molecule has 0 aliphatic carbocycles. The fraction of sp³-hybridized carbons (Fsp3) is 0.400. The van der Waals surface area contributed by atoms with Crippen molar-refractivity contribution in [2.24, 2.45) is 5.73 Å². The van der Waals surface area contributed by atoms with Crippen LogP contribution in [0.15, 0.2) is 0 Å². The molecule has 3 amide bonds. The highest BCUT2D eigenvalue weighted by Gasteiger charge is 2.55. The lowest BCUT2D eigenvalue weighted by atomic mass is 10.4. The third-order valence-corrected chi connectivity index (χ3v) is 1.45. The van der Waals surface area contributed by atoms with Gasteiger partial charge >= 0.3 is 17.9 Å². The number of nitrogens with zero attached hydrogens (tertiary/aromatic N) is 1. The quantitative estimate of drug-likeness (QED) is 0.303. The molecule has 0 bridgehead atoms. The van der Waals surface area contributed by atoms with Crippen molar-refractivity contribution in [2.45, 2.75) is 12.8 Å². The Balaban J connectivity index is 2.87. The van der Waals surface area contributed by atoms with Gasteiger partial charge in [0.05, 0.1) is 12.8 Å². The maximum atomic E-state index is 10.8. The number of quaternary nitrogens is 1. The smallest absolute Gasteiger partial charge is 0.330 e. The van der Waals surface area contributed by atoms with Crippen LogP contribution in [0.1, 0.15) is 12.8 Å². The number of amides is 3. The van der Waals surface area contributed by atoms with E-state index in [0.29, 0.717) is 0 Å². The highest BCUT2D eigenvalue weighted by atomic mass is 17.0. The van der Waals surface area contributed by atoms with E-state index in [9.17, 15) is 14.4 Å². The lowest BCUT2D eigenvalue weighted by Gasteiger charge is -2.13. The van der Waals surface area contributed by atoms with Crippen molar-refractivity contribution in [3.8, 4) is 0 Å². The minimum Gasteiger partial charge on any atom is -0.330 e. The molecule has 7 nitrogen and oxygen atoms in total. The van der Waals surface area contributed by atoms with Crippen LogP contribution in [0.5, 0.6) is 0 Å². The van der Waals surface area contributed by atoms with Crippen LogP contribution in [-0.2, 0) is 14.4 Å². The van der Waals surface area contributed by atoms with E-state index in [1.54, 1.807) is 0 Å². The predicted octanol–water partition coefficient (Wildman–Crippen LogP) is -0.950. The molecule has 0 saturated carbocycles. The Morgan fingerprint density at radius 1 is 1.42 bits per heavy atom. The Morgan fingerprint density at radius 3 is 2.17 bits per heavy atom. The van der Waals surface area contributed by atoms with E-state index in [-0.39, 0.29) is 12.8 Å². The molecule has 0 aromatic rings. The van der Waals surface area contributed by atoms with Gasteiger partial charge in [0.25, 0.3) is 0 Å². The average molecular weight is 175 g/mol. The van der Waals surface area contributed by atoms with Crippen LogP contribution in [0.4, 0.5) is 4.79 Å². The van der Waals surface area contributed by atoms with Gasteiger partial charge in [-0.1, -0.05) is 0 Å². The number of imide groups is 1. The Hall–Kier alpha value is -1.47. The van der Waals surface area contributed by atoms with Gasteiger partial charge in [0.2, 0.25) is 0 Å². The molecule has 7 heteroatoms. The average Bonchev–Trinajstić information content (AvgIpc) is 2.16. The summed E-state index contributed by atoms with van der Waals surface area (Å²) >= 11 is 0. The Labute approximate surface area is 66.8 Å². The summed E-state index contributed by atoms with van der Waals surface area (Å²) in [5.74, 6) is -1.78. The SMILES string of the molecule is NC(=O)O[N+]1(O)C(=O)CCC1=O. The third-order valence-electron chi connectivity index (χ3n) is 1.45. The molecule has 0 spiro atoms. The van der Waals surface area contributed by atoms with E-state index in [2.05, 4.69) is 10.6 Å². The number of nitrogens with two attached hydrogens (primary N) is 1. The van der Waals surface area contributed by atoms with Crippen molar-refractivity contribution in [2.75, 3.05) is 0 Å². The molecule has 66 valence electrons. The number of carbonyl (C=O) groups is 3. The first-order valence-electron chi connectivity index (χ1n) is 3.14. The molecule has 1 rings (SSSR count). The standard InChI is InChI=1S/C5H6N2O5/c6-5(10)12-7(11)3(8)1-2-4(7)9/h11H,1-2H2,(H-,6,10)/p+1. The van der Waals surface area contributed by atoms with Crippen LogP contribution >= 0.6 is 0 Å². The highest BCUT2D eigenvalue weighted by molar-refractivity contribution is 5.90. The van der Waals surface area contributed by atoms with Gasteiger partial charge in [-0.2, -0.15) is 5.21 Å². The second-order valence-electron chi connectivity index (χ2n) is 2.27. The zero-order valence-electron chi connectivity index (χ0n) is 6.02. The molecule has 0 aromatic heterocycles. The maximum Gasteiger partial charge on any atom is 0.465 e. The second kappa shape index (κ2) is 2.54. The van der Waals surface area contributed by atoms with Gasteiger partial charge in [0.15, 0.2) is 0 Å². The largest absolute Gasteiger partial charge is 0.465 e. The van der Waals surface area contributed by atoms with E-state index < -0.39 is 22.7 Å². The van der Waals surface area contributed by atoms with Crippen LogP contribution in [0, 0.1) is 0 Å². The van der Waals surface area contributed by atoms with E-state index >= 15 is 0 Å². The molecule has 1 aliphatic rings. The molecule has 1 saturated heterocycles. The number of rotatable bonds is 1. The predicted molar refractivity (Wildman–Crippen MR) is 32.0 cm³/mol. The van der Waals surface area contributed by atoms with Crippen molar-refractivity contribution in [3.63, 3.8) is 0 Å². The fourth-order valence-electron chi connectivity index (χ4n) is 0.888. The third kappa shape index (κ3) is 1.15. The molecular weight excluding hydrogens is 168 g/mol. The monoisotopic (exact) mass is 175 g/mol. The topological polar surface area (TPSA) is 107 Å². The van der Waals surface area contributed by atoms with Crippen molar-refractivity contribution in [1.82, 2.24) is 0 Å². The molecule has 0 radical (unpaired) electrons. The normalized spacial score (nSPS) is 21.1. The van der Waals surface area contributed by atoms with Gasteiger partial charge in [-0.3, -0.25) is 0 Å². The molecule has 0 aromatic carbocycles. The van der Waals surface area contributed by atoms with E-state index in [1.807, 2.05) is 0 Å². The van der Waals surface area contributed by atoms with E-state index in [0.717, 1.165) is 0 Å². The summed E-state index contributed by atoms with van der Waals surface area (Å²) < 4.78 is 0. The first-order chi connectivity index (χ1) is 5.47. The zero-order valence-corrected chi connectivity index (χ0v) is 6.02. The van der Waals surface area contributed by atoms with Crippen molar-refractivity contribution < 1.29 is 29.2 Å². The molecule has 1 aliphatic heterocycles. The summed E-state index contributed by atoms with van der Waals surface area (Å²) in [6.45, 7) is 0. The van der Waals surface area contributed by atoms with E-state index in [4.69, 9.17) is 5.21 Å². The molecule has 3 N–H and O–H groups in total. The second-order valence-corrected chi connectivity index (χ2v) is 2.27. The highest BCUT2D eigenvalue weighted by Crippen LogP contribution is 2.19. The summed E-state index contributed by atoms with van der Waals surface area (Å²) in [6, 6.07) is 0. The maximum absolute atomic E-state index is 10.8.